The molecule has 5 rings (SSSR count). The van der Waals surface area contributed by atoms with E-state index < -0.39 is 0 Å². The van der Waals surface area contributed by atoms with Gasteiger partial charge in [-0.2, -0.15) is 0 Å². The number of carbonyl (C=O) groups is 2. The van der Waals surface area contributed by atoms with E-state index in [0.717, 1.165) is 25.7 Å². The van der Waals surface area contributed by atoms with E-state index in [2.05, 4.69) is 4.90 Å². The summed E-state index contributed by atoms with van der Waals surface area (Å²) in [6.45, 7) is 3.37. The molecule has 28 heavy (non-hydrogen) atoms. The molecule has 4 heterocycles. The van der Waals surface area contributed by atoms with Crippen LogP contribution in [0.3, 0.4) is 0 Å². The largest absolute Gasteiger partial charge is 0.459 e. The maximum atomic E-state index is 13.0. The number of rotatable bonds is 5. The number of carbonyl (C=O) groups excluding carboxylic acids is 2. The number of hydrogen-bond donors (Lipinski definition) is 0. The summed E-state index contributed by atoms with van der Waals surface area (Å²) in [5, 5.41) is 0. The summed E-state index contributed by atoms with van der Waals surface area (Å²) in [5.41, 5.74) is -0.206. The molecule has 7 nitrogen and oxygen atoms in total. The fourth-order valence-electron chi connectivity index (χ4n) is 5.03. The third-order valence-electron chi connectivity index (χ3n) is 6.83. The van der Waals surface area contributed by atoms with E-state index >= 15 is 0 Å². The Labute approximate surface area is 164 Å². The van der Waals surface area contributed by atoms with Gasteiger partial charge in [0.05, 0.1) is 18.4 Å². The molecule has 1 atom stereocenters. The molecular weight excluding hydrogens is 360 g/mol. The Hall–Kier alpha value is -1.86. The third kappa shape index (κ3) is 3.05. The van der Waals surface area contributed by atoms with Gasteiger partial charge in [0, 0.05) is 32.3 Å². The Morgan fingerprint density at radius 3 is 2.57 bits per heavy atom. The van der Waals surface area contributed by atoms with Crippen LogP contribution in [0, 0.1) is 5.92 Å². The van der Waals surface area contributed by atoms with Crippen molar-refractivity contribution in [3.63, 3.8) is 0 Å². The molecule has 1 unspecified atom stereocenters. The molecule has 1 aromatic heterocycles. The van der Waals surface area contributed by atoms with Crippen molar-refractivity contribution in [3.05, 3.63) is 24.2 Å². The second-order valence-corrected chi connectivity index (χ2v) is 8.58. The van der Waals surface area contributed by atoms with E-state index in [1.165, 1.54) is 19.1 Å². The van der Waals surface area contributed by atoms with E-state index in [0.29, 0.717) is 44.6 Å². The van der Waals surface area contributed by atoms with Crippen LogP contribution in [-0.2, 0) is 14.3 Å². The standard InChI is InChI=1S/C21H28N2O5/c24-19(17-2-1-11-27-17)22-9-5-16(6-10-22)23-20(25)18(28-14-15-3-4-15)21(23)7-12-26-13-8-21/h1-2,11,15-16,18H,3-10,12-14H2. The van der Waals surface area contributed by atoms with Gasteiger partial charge in [-0.05, 0) is 56.6 Å². The Kier molecular flexibility index (Phi) is 4.67. The lowest BCUT2D eigenvalue weighted by molar-refractivity contribution is -0.219. The molecule has 1 aromatic rings. The lowest BCUT2D eigenvalue weighted by atomic mass is 9.72. The molecule has 4 fully saturated rings. The van der Waals surface area contributed by atoms with Gasteiger partial charge >= 0.3 is 0 Å². The molecule has 0 bridgehead atoms. The highest BCUT2D eigenvalue weighted by molar-refractivity contribution is 5.92. The van der Waals surface area contributed by atoms with Crippen LogP contribution in [0.4, 0.5) is 0 Å². The second-order valence-electron chi connectivity index (χ2n) is 8.58. The summed E-state index contributed by atoms with van der Waals surface area (Å²) in [7, 11) is 0. The van der Waals surface area contributed by atoms with Crippen molar-refractivity contribution >= 4 is 11.8 Å². The molecule has 0 radical (unpaired) electrons. The second kappa shape index (κ2) is 7.19. The fraction of sp³-hybridized carbons (Fsp3) is 0.714. The van der Waals surface area contributed by atoms with Crippen molar-refractivity contribution in [2.24, 2.45) is 5.92 Å². The molecule has 3 saturated heterocycles. The van der Waals surface area contributed by atoms with Gasteiger partial charge < -0.3 is 23.7 Å². The number of ether oxygens (including phenoxy) is 2. The molecule has 3 aliphatic heterocycles. The molecule has 0 N–H and O–H groups in total. The fourth-order valence-corrected chi connectivity index (χ4v) is 5.03. The molecule has 4 aliphatic rings. The van der Waals surface area contributed by atoms with Crippen molar-refractivity contribution in [1.29, 1.82) is 0 Å². The highest BCUT2D eigenvalue weighted by Crippen LogP contribution is 2.46. The molecule has 7 heteroatoms. The topological polar surface area (TPSA) is 72.2 Å². The van der Waals surface area contributed by atoms with Gasteiger partial charge in [-0.15, -0.1) is 0 Å². The first-order valence-corrected chi connectivity index (χ1v) is 10.5. The highest BCUT2D eigenvalue weighted by atomic mass is 16.5. The maximum absolute atomic E-state index is 13.0. The van der Waals surface area contributed by atoms with E-state index in [9.17, 15) is 9.59 Å². The van der Waals surface area contributed by atoms with Gasteiger partial charge in [-0.3, -0.25) is 9.59 Å². The number of β-lactam (4-membered cyclic amide) rings is 1. The Bertz CT molecular complexity index is 715. The van der Waals surface area contributed by atoms with Crippen LogP contribution in [0.15, 0.2) is 22.8 Å². The van der Waals surface area contributed by atoms with Crippen molar-refractivity contribution in [3.8, 4) is 0 Å². The number of piperidine rings is 1. The van der Waals surface area contributed by atoms with Gasteiger partial charge in [-0.1, -0.05) is 0 Å². The van der Waals surface area contributed by atoms with Crippen LogP contribution in [0.2, 0.25) is 0 Å². The summed E-state index contributed by atoms with van der Waals surface area (Å²) in [4.78, 5) is 29.5. The average Bonchev–Trinajstić information content (AvgIpc) is 3.39. The normalized spacial score (nSPS) is 27.9. The van der Waals surface area contributed by atoms with E-state index in [1.54, 1.807) is 12.1 Å². The SMILES string of the molecule is O=C(c1ccco1)N1CCC(N2C(=O)C(OCC3CC3)C23CCOCC3)CC1. The van der Waals surface area contributed by atoms with Crippen LogP contribution < -0.4 is 0 Å². The minimum atomic E-state index is -0.306. The summed E-state index contributed by atoms with van der Waals surface area (Å²) in [6.07, 6.45) is 6.96. The van der Waals surface area contributed by atoms with Crippen molar-refractivity contribution in [2.45, 2.75) is 56.2 Å². The molecule has 1 saturated carbocycles. The average molecular weight is 388 g/mol. The summed E-state index contributed by atoms with van der Waals surface area (Å²) >= 11 is 0. The minimum Gasteiger partial charge on any atom is -0.459 e. The first-order valence-electron chi connectivity index (χ1n) is 10.5. The van der Waals surface area contributed by atoms with Gasteiger partial charge in [0.15, 0.2) is 11.9 Å². The third-order valence-corrected chi connectivity index (χ3v) is 6.83. The Morgan fingerprint density at radius 1 is 1.18 bits per heavy atom. The maximum Gasteiger partial charge on any atom is 0.289 e. The van der Waals surface area contributed by atoms with Gasteiger partial charge in [-0.25, -0.2) is 0 Å². The number of amides is 2. The van der Waals surface area contributed by atoms with Crippen molar-refractivity contribution in [2.75, 3.05) is 32.9 Å². The monoisotopic (exact) mass is 388 g/mol. The van der Waals surface area contributed by atoms with Crippen LogP contribution >= 0.6 is 0 Å². The predicted molar refractivity (Wildman–Crippen MR) is 99.7 cm³/mol. The summed E-state index contributed by atoms with van der Waals surface area (Å²) in [5.74, 6) is 1.10. The van der Waals surface area contributed by atoms with Crippen LogP contribution in [0.25, 0.3) is 0 Å². The zero-order chi connectivity index (χ0) is 19.1. The van der Waals surface area contributed by atoms with E-state index in [4.69, 9.17) is 13.9 Å². The van der Waals surface area contributed by atoms with Crippen LogP contribution in [-0.4, -0.2) is 72.2 Å². The smallest absolute Gasteiger partial charge is 0.289 e. The van der Waals surface area contributed by atoms with Crippen LogP contribution in [0.5, 0.6) is 0 Å². The Morgan fingerprint density at radius 2 is 1.93 bits per heavy atom. The highest BCUT2D eigenvalue weighted by Gasteiger charge is 2.63. The van der Waals surface area contributed by atoms with Crippen molar-refractivity contribution in [1.82, 2.24) is 9.80 Å². The van der Waals surface area contributed by atoms with Gasteiger partial charge in [0.2, 0.25) is 0 Å². The summed E-state index contributed by atoms with van der Waals surface area (Å²) in [6, 6.07) is 3.61. The molecular formula is C21H28N2O5. The number of hydrogen-bond acceptors (Lipinski definition) is 5. The molecule has 1 spiro atoms. The molecule has 1 aliphatic carbocycles. The van der Waals surface area contributed by atoms with E-state index in [1.807, 2.05) is 4.90 Å². The first kappa shape index (κ1) is 18.2. The van der Waals surface area contributed by atoms with Crippen molar-refractivity contribution < 1.29 is 23.5 Å². The van der Waals surface area contributed by atoms with Crippen LogP contribution in [0.1, 0.15) is 49.1 Å². The lowest BCUT2D eigenvalue weighted by Crippen LogP contribution is -2.79. The molecule has 152 valence electrons. The van der Waals surface area contributed by atoms with Gasteiger partial charge in [0.25, 0.3) is 11.8 Å². The first-order chi connectivity index (χ1) is 13.7. The molecule has 0 aromatic carbocycles. The minimum absolute atomic E-state index is 0.0650. The predicted octanol–water partition coefficient (Wildman–Crippen LogP) is 2.07. The number of nitrogens with zero attached hydrogens (tertiary/aromatic N) is 2. The summed E-state index contributed by atoms with van der Waals surface area (Å²) < 4.78 is 16.9. The Balaban J connectivity index is 1.25. The zero-order valence-electron chi connectivity index (χ0n) is 16.2. The lowest BCUT2D eigenvalue weighted by Gasteiger charge is -2.62. The molecule has 2 amide bonds. The number of furan rings is 1. The van der Waals surface area contributed by atoms with Gasteiger partial charge in [0.1, 0.15) is 0 Å². The van der Waals surface area contributed by atoms with E-state index in [-0.39, 0.29) is 29.5 Å². The zero-order valence-corrected chi connectivity index (χ0v) is 16.2. The number of likely N-dealkylation sites (tertiary alicyclic amines) is 2. The quantitative estimate of drug-likeness (QED) is 0.722.